The summed E-state index contributed by atoms with van der Waals surface area (Å²) in [6.07, 6.45) is 3.85. The van der Waals surface area contributed by atoms with Crippen molar-refractivity contribution in [2.45, 2.75) is 45.5 Å². The van der Waals surface area contributed by atoms with Gasteiger partial charge in [-0.3, -0.25) is 4.98 Å². The van der Waals surface area contributed by atoms with Crippen LogP contribution in [0.4, 0.5) is 0 Å². The van der Waals surface area contributed by atoms with Gasteiger partial charge in [-0.2, -0.15) is 0 Å². The summed E-state index contributed by atoms with van der Waals surface area (Å²) in [4.78, 5) is 4.28. The molecule has 0 unspecified atom stereocenters. The van der Waals surface area contributed by atoms with Crippen LogP contribution >= 0.6 is 0 Å². The topological polar surface area (TPSA) is 64.9 Å². The lowest BCUT2D eigenvalue weighted by atomic mass is 10.1. The van der Waals surface area contributed by atoms with Gasteiger partial charge in [0, 0.05) is 31.7 Å². The third kappa shape index (κ3) is 3.91. The molecule has 1 N–H and O–H groups in total. The molecule has 0 bridgehead atoms. The van der Waals surface area contributed by atoms with E-state index in [1.807, 2.05) is 37.3 Å². The minimum atomic E-state index is 0.440. The van der Waals surface area contributed by atoms with Crippen LogP contribution in [0.3, 0.4) is 0 Å². The Bertz CT molecular complexity index is 862. The number of ether oxygens (including phenoxy) is 1. The number of fused-ring (bicyclic) bond motifs is 1. The van der Waals surface area contributed by atoms with Crippen molar-refractivity contribution in [1.29, 1.82) is 0 Å². The summed E-state index contributed by atoms with van der Waals surface area (Å²) in [5, 5.41) is 12.1. The van der Waals surface area contributed by atoms with Gasteiger partial charge in [0.1, 0.15) is 24.0 Å². The van der Waals surface area contributed by atoms with Crippen molar-refractivity contribution in [3.8, 4) is 5.75 Å². The number of hydrogen-bond donors (Lipinski definition) is 1. The molecule has 1 aromatic carbocycles. The molecule has 4 rings (SSSR count). The molecule has 3 aromatic rings. The van der Waals surface area contributed by atoms with E-state index in [9.17, 15) is 0 Å². The highest BCUT2D eigenvalue weighted by Crippen LogP contribution is 2.17. The molecule has 6 heteroatoms. The molecule has 0 saturated carbocycles. The van der Waals surface area contributed by atoms with E-state index in [0.717, 1.165) is 49.0 Å². The van der Waals surface area contributed by atoms with Gasteiger partial charge in [0.15, 0.2) is 0 Å². The Morgan fingerprint density at radius 1 is 1.19 bits per heavy atom. The van der Waals surface area contributed by atoms with Crippen molar-refractivity contribution in [2.75, 3.05) is 0 Å². The maximum atomic E-state index is 5.87. The van der Waals surface area contributed by atoms with Gasteiger partial charge in [-0.25, -0.2) is 0 Å². The molecular formula is C20H23N5O. The second-order valence-electron chi connectivity index (χ2n) is 6.65. The third-order valence-corrected chi connectivity index (χ3v) is 4.74. The molecule has 0 spiro atoms. The Hall–Kier alpha value is -2.73. The highest BCUT2D eigenvalue weighted by molar-refractivity contribution is 5.28. The number of aryl methyl sites for hydroxylation is 2. The fourth-order valence-corrected chi connectivity index (χ4v) is 3.28. The maximum Gasteiger partial charge on any atom is 0.133 e. The van der Waals surface area contributed by atoms with Crippen molar-refractivity contribution < 1.29 is 4.74 Å². The molecule has 6 nitrogen and oxygen atoms in total. The molecular weight excluding hydrogens is 326 g/mol. The van der Waals surface area contributed by atoms with Crippen LogP contribution in [0, 0.1) is 6.92 Å². The van der Waals surface area contributed by atoms with Crippen molar-refractivity contribution in [2.24, 2.45) is 0 Å². The molecule has 0 saturated heterocycles. The smallest absolute Gasteiger partial charge is 0.133 e. The average molecular weight is 349 g/mol. The number of nitrogens with zero attached hydrogens (tertiary/aromatic N) is 4. The molecule has 1 atom stereocenters. The molecule has 1 aliphatic heterocycles. The minimum Gasteiger partial charge on any atom is -0.487 e. The number of nitrogens with one attached hydrogen (secondary N) is 1. The zero-order valence-corrected chi connectivity index (χ0v) is 14.9. The molecule has 3 heterocycles. The number of pyridine rings is 1. The van der Waals surface area contributed by atoms with Crippen molar-refractivity contribution in [3.63, 3.8) is 0 Å². The molecule has 0 aliphatic carbocycles. The van der Waals surface area contributed by atoms with Crippen LogP contribution < -0.4 is 10.1 Å². The SMILES string of the molecule is Cc1nnc2n1C[C@@H](NCc1cccc(OCc3ccccn3)c1)CC2. The van der Waals surface area contributed by atoms with Crippen molar-refractivity contribution >= 4 is 0 Å². The van der Waals surface area contributed by atoms with Gasteiger partial charge in [0.05, 0.1) is 5.69 Å². The summed E-state index contributed by atoms with van der Waals surface area (Å²) in [6.45, 7) is 4.25. The van der Waals surface area contributed by atoms with Gasteiger partial charge in [-0.1, -0.05) is 18.2 Å². The fourth-order valence-electron chi connectivity index (χ4n) is 3.28. The monoisotopic (exact) mass is 349 g/mol. The average Bonchev–Trinajstić information content (AvgIpc) is 3.06. The second kappa shape index (κ2) is 7.66. The zero-order chi connectivity index (χ0) is 17.8. The molecule has 0 amide bonds. The summed E-state index contributed by atoms with van der Waals surface area (Å²) in [7, 11) is 0. The van der Waals surface area contributed by atoms with Crippen molar-refractivity contribution in [3.05, 3.63) is 71.6 Å². The van der Waals surface area contributed by atoms with E-state index < -0.39 is 0 Å². The highest BCUT2D eigenvalue weighted by Gasteiger charge is 2.20. The lowest BCUT2D eigenvalue weighted by Crippen LogP contribution is -2.37. The van der Waals surface area contributed by atoms with E-state index in [2.05, 4.69) is 37.2 Å². The Morgan fingerprint density at radius 3 is 3.04 bits per heavy atom. The number of rotatable bonds is 6. The van der Waals surface area contributed by atoms with Crippen LogP contribution in [0.15, 0.2) is 48.7 Å². The Morgan fingerprint density at radius 2 is 2.15 bits per heavy atom. The maximum absolute atomic E-state index is 5.87. The van der Waals surface area contributed by atoms with Gasteiger partial charge in [0.2, 0.25) is 0 Å². The summed E-state index contributed by atoms with van der Waals surface area (Å²) >= 11 is 0. The van der Waals surface area contributed by atoms with E-state index in [4.69, 9.17) is 4.74 Å². The van der Waals surface area contributed by atoms with Crippen LogP contribution in [0.1, 0.15) is 29.3 Å². The number of aromatic nitrogens is 4. The molecule has 2 aromatic heterocycles. The first kappa shape index (κ1) is 16.7. The second-order valence-corrected chi connectivity index (χ2v) is 6.65. The molecule has 1 aliphatic rings. The summed E-state index contributed by atoms with van der Waals surface area (Å²) in [5.74, 6) is 2.97. The number of benzene rings is 1. The summed E-state index contributed by atoms with van der Waals surface area (Å²) in [6, 6.07) is 14.5. The van der Waals surface area contributed by atoms with Crippen LogP contribution in [0.25, 0.3) is 0 Å². The van der Waals surface area contributed by atoms with Gasteiger partial charge < -0.3 is 14.6 Å². The van der Waals surface area contributed by atoms with E-state index in [1.165, 1.54) is 5.56 Å². The van der Waals surface area contributed by atoms with Crippen LogP contribution in [-0.4, -0.2) is 25.8 Å². The largest absolute Gasteiger partial charge is 0.487 e. The van der Waals surface area contributed by atoms with Gasteiger partial charge in [0.25, 0.3) is 0 Å². The summed E-state index contributed by atoms with van der Waals surface area (Å²) < 4.78 is 8.08. The number of hydrogen-bond acceptors (Lipinski definition) is 5. The third-order valence-electron chi connectivity index (χ3n) is 4.74. The first-order valence-electron chi connectivity index (χ1n) is 9.01. The Kier molecular flexibility index (Phi) is 4.93. The minimum absolute atomic E-state index is 0.440. The normalized spacial score (nSPS) is 16.3. The van der Waals surface area contributed by atoms with E-state index in [0.29, 0.717) is 12.6 Å². The lowest BCUT2D eigenvalue weighted by molar-refractivity contribution is 0.300. The van der Waals surface area contributed by atoms with Gasteiger partial charge >= 0.3 is 0 Å². The fraction of sp³-hybridized carbons (Fsp3) is 0.350. The van der Waals surface area contributed by atoms with Gasteiger partial charge in [-0.15, -0.1) is 10.2 Å². The lowest BCUT2D eigenvalue weighted by Gasteiger charge is -2.25. The zero-order valence-electron chi connectivity index (χ0n) is 14.9. The highest BCUT2D eigenvalue weighted by atomic mass is 16.5. The van der Waals surface area contributed by atoms with Crippen LogP contribution in [-0.2, 0) is 26.1 Å². The quantitative estimate of drug-likeness (QED) is 0.741. The standard InChI is InChI=1S/C20H23N5O/c1-15-23-24-20-9-8-17(13-25(15)20)22-12-16-5-4-7-19(11-16)26-14-18-6-2-3-10-21-18/h2-7,10-11,17,22H,8-9,12-14H2,1H3/t17-/m0/s1. The van der Waals surface area contributed by atoms with Crippen molar-refractivity contribution in [1.82, 2.24) is 25.1 Å². The van der Waals surface area contributed by atoms with E-state index in [-0.39, 0.29) is 0 Å². The summed E-state index contributed by atoms with van der Waals surface area (Å²) in [5.41, 5.74) is 2.15. The van der Waals surface area contributed by atoms with E-state index >= 15 is 0 Å². The first-order chi connectivity index (χ1) is 12.8. The van der Waals surface area contributed by atoms with Gasteiger partial charge in [-0.05, 0) is 43.2 Å². The molecule has 0 radical (unpaired) electrons. The predicted octanol–water partition coefficient (Wildman–Crippen LogP) is 2.67. The van der Waals surface area contributed by atoms with Crippen LogP contribution in [0.2, 0.25) is 0 Å². The molecule has 134 valence electrons. The first-order valence-corrected chi connectivity index (χ1v) is 9.01. The predicted molar refractivity (Wildman–Crippen MR) is 98.7 cm³/mol. The molecule has 0 fully saturated rings. The Balaban J connectivity index is 1.32. The Labute approximate surface area is 153 Å². The molecule has 26 heavy (non-hydrogen) atoms. The van der Waals surface area contributed by atoms with E-state index in [1.54, 1.807) is 6.20 Å². The van der Waals surface area contributed by atoms with Crippen LogP contribution in [0.5, 0.6) is 5.75 Å².